The standard InChI is InChI=1S/C17H23ClN2O/c1-16(2)11-6-7-17(16,3)14(9-11)21-13-5-4-10(15(19)20)8-12(13)18/h4-5,8,11,14H,6-7,9H2,1-3H3,(H3,19,20). The van der Waals surface area contributed by atoms with Gasteiger partial charge >= 0.3 is 0 Å². The van der Waals surface area contributed by atoms with E-state index in [0.717, 1.165) is 12.3 Å². The smallest absolute Gasteiger partial charge is 0.138 e. The maximum Gasteiger partial charge on any atom is 0.138 e. The van der Waals surface area contributed by atoms with Crippen LogP contribution in [-0.4, -0.2) is 11.9 Å². The van der Waals surface area contributed by atoms with Crippen molar-refractivity contribution in [2.75, 3.05) is 0 Å². The number of halogens is 1. The average molecular weight is 307 g/mol. The number of amidine groups is 1. The Morgan fingerprint density at radius 3 is 2.57 bits per heavy atom. The molecule has 0 amide bonds. The first-order chi connectivity index (χ1) is 9.75. The molecule has 0 aliphatic heterocycles. The fourth-order valence-electron chi connectivity index (χ4n) is 4.23. The van der Waals surface area contributed by atoms with Gasteiger partial charge in [-0.05, 0) is 48.8 Å². The number of nitrogens with one attached hydrogen (secondary N) is 1. The van der Waals surface area contributed by atoms with Crippen LogP contribution in [0.15, 0.2) is 18.2 Å². The van der Waals surface area contributed by atoms with Crippen molar-refractivity contribution in [1.82, 2.24) is 0 Å². The minimum absolute atomic E-state index is 0.0245. The van der Waals surface area contributed by atoms with Crippen molar-refractivity contribution in [3.05, 3.63) is 28.8 Å². The molecule has 114 valence electrons. The molecule has 2 bridgehead atoms. The minimum Gasteiger partial charge on any atom is -0.488 e. The summed E-state index contributed by atoms with van der Waals surface area (Å²) in [6.45, 7) is 7.09. The zero-order chi connectivity index (χ0) is 15.4. The molecule has 0 aromatic heterocycles. The molecule has 2 aliphatic carbocycles. The van der Waals surface area contributed by atoms with E-state index >= 15 is 0 Å². The molecule has 2 fully saturated rings. The van der Waals surface area contributed by atoms with Crippen LogP contribution in [0.25, 0.3) is 0 Å². The molecule has 21 heavy (non-hydrogen) atoms. The lowest BCUT2D eigenvalue weighted by atomic mass is 9.70. The summed E-state index contributed by atoms with van der Waals surface area (Å²) < 4.78 is 6.27. The molecule has 3 rings (SSSR count). The zero-order valence-corrected chi connectivity index (χ0v) is 13.6. The van der Waals surface area contributed by atoms with Crippen molar-refractivity contribution in [3.8, 4) is 5.75 Å². The van der Waals surface area contributed by atoms with E-state index in [-0.39, 0.29) is 17.4 Å². The second kappa shape index (κ2) is 4.64. The third-order valence-electron chi connectivity index (χ3n) is 6.23. The van der Waals surface area contributed by atoms with Gasteiger partial charge in [-0.15, -0.1) is 0 Å². The Bertz CT molecular complexity index is 598. The Labute approximate surface area is 131 Å². The van der Waals surface area contributed by atoms with Crippen molar-refractivity contribution >= 4 is 17.4 Å². The van der Waals surface area contributed by atoms with Crippen molar-refractivity contribution in [3.63, 3.8) is 0 Å². The predicted octanol–water partition coefficient (Wildman–Crippen LogP) is 4.22. The first-order valence-electron chi connectivity index (χ1n) is 7.56. The summed E-state index contributed by atoms with van der Waals surface area (Å²) in [5.74, 6) is 1.47. The number of rotatable bonds is 3. The highest BCUT2D eigenvalue weighted by molar-refractivity contribution is 6.32. The van der Waals surface area contributed by atoms with Crippen LogP contribution in [-0.2, 0) is 0 Å². The van der Waals surface area contributed by atoms with Crippen LogP contribution >= 0.6 is 11.6 Å². The molecular formula is C17H23ClN2O. The average Bonchev–Trinajstić information content (AvgIpc) is 2.74. The SMILES string of the molecule is CC1(C)C2CCC1(C)C(Oc1ccc(C(=N)N)cc1Cl)C2. The van der Waals surface area contributed by atoms with Crippen LogP contribution in [0.1, 0.15) is 45.6 Å². The molecular weight excluding hydrogens is 284 g/mol. The lowest BCUT2D eigenvalue weighted by Crippen LogP contribution is -2.38. The second-order valence-corrected chi connectivity index (χ2v) is 7.68. The quantitative estimate of drug-likeness (QED) is 0.649. The number of fused-ring (bicyclic) bond motifs is 2. The van der Waals surface area contributed by atoms with E-state index in [1.165, 1.54) is 12.8 Å². The van der Waals surface area contributed by atoms with Crippen molar-refractivity contribution in [1.29, 1.82) is 5.41 Å². The van der Waals surface area contributed by atoms with Crippen LogP contribution in [0, 0.1) is 22.2 Å². The van der Waals surface area contributed by atoms with Crippen molar-refractivity contribution in [2.24, 2.45) is 22.5 Å². The Morgan fingerprint density at radius 2 is 2.10 bits per heavy atom. The Hall–Kier alpha value is -1.22. The Balaban J connectivity index is 1.84. The molecule has 0 spiro atoms. The van der Waals surface area contributed by atoms with E-state index in [2.05, 4.69) is 20.8 Å². The molecule has 1 aromatic rings. The number of ether oxygens (including phenoxy) is 1. The Morgan fingerprint density at radius 1 is 1.38 bits per heavy atom. The van der Waals surface area contributed by atoms with Gasteiger partial charge in [0, 0.05) is 11.0 Å². The monoisotopic (exact) mass is 306 g/mol. The van der Waals surface area contributed by atoms with E-state index in [0.29, 0.717) is 21.8 Å². The normalized spacial score (nSPS) is 33.1. The van der Waals surface area contributed by atoms with Crippen LogP contribution < -0.4 is 10.5 Å². The lowest BCUT2D eigenvalue weighted by Gasteiger charge is -2.39. The van der Waals surface area contributed by atoms with Crippen LogP contribution in [0.5, 0.6) is 5.75 Å². The maximum atomic E-state index is 7.46. The lowest BCUT2D eigenvalue weighted by molar-refractivity contribution is 0.0302. The first-order valence-corrected chi connectivity index (χ1v) is 7.94. The topological polar surface area (TPSA) is 59.1 Å². The summed E-state index contributed by atoms with van der Waals surface area (Å²) >= 11 is 6.29. The summed E-state index contributed by atoms with van der Waals surface area (Å²) in [5.41, 5.74) is 6.65. The summed E-state index contributed by atoms with van der Waals surface area (Å²) in [6, 6.07) is 5.34. The van der Waals surface area contributed by atoms with E-state index in [4.69, 9.17) is 27.5 Å². The molecule has 0 saturated heterocycles. The minimum atomic E-state index is 0.0245. The number of benzene rings is 1. The largest absolute Gasteiger partial charge is 0.488 e. The van der Waals surface area contributed by atoms with Gasteiger partial charge < -0.3 is 10.5 Å². The molecule has 0 heterocycles. The van der Waals surface area contributed by atoms with E-state index in [9.17, 15) is 0 Å². The highest BCUT2D eigenvalue weighted by Gasteiger charge is 2.62. The molecule has 4 heteroatoms. The highest BCUT2D eigenvalue weighted by atomic mass is 35.5. The summed E-state index contributed by atoms with van der Waals surface area (Å²) in [6.07, 6.45) is 3.85. The third kappa shape index (κ3) is 2.05. The zero-order valence-electron chi connectivity index (χ0n) is 12.9. The number of hydrogen-bond acceptors (Lipinski definition) is 2. The molecule has 3 N–H and O–H groups in total. The maximum absolute atomic E-state index is 7.46. The highest BCUT2D eigenvalue weighted by Crippen LogP contribution is 2.66. The first kappa shape index (κ1) is 14.7. The molecule has 1 aromatic carbocycles. The van der Waals surface area contributed by atoms with E-state index in [1.807, 2.05) is 6.07 Å². The van der Waals surface area contributed by atoms with Crippen LogP contribution in [0.3, 0.4) is 0 Å². The van der Waals surface area contributed by atoms with Gasteiger partial charge in [-0.1, -0.05) is 32.4 Å². The third-order valence-corrected chi connectivity index (χ3v) is 6.52. The molecule has 2 saturated carbocycles. The van der Waals surface area contributed by atoms with Gasteiger partial charge in [0.15, 0.2) is 0 Å². The van der Waals surface area contributed by atoms with Crippen molar-refractivity contribution < 1.29 is 4.74 Å². The molecule has 0 radical (unpaired) electrons. The molecule has 3 atom stereocenters. The van der Waals surface area contributed by atoms with Gasteiger partial charge in [-0.25, -0.2) is 0 Å². The summed E-state index contributed by atoms with van der Waals surface area (Å²) in [4.78, 5) is 0. The van der Waals surface area contributed by atoms with Gasteiger partial charge in [0.1, 0.15) is 17.7 Å². The number of nitrogen functional groups attached to an aromatic ring is 1. The van der Waals surface area contributed by atoms with Crippen LogP contribution in [0.2, 0.25) is 5.02 Å². The van der Waals surface area contributed by atoms with Gasteiger partial charge in [-0.2, -0.15) is 0 Å². The van der Waals surface area contributed by atoms with Gasteiger partial charge in [0.2, 0.25) is 0 Å². The second-order valence-electron chi connectivity index (χ2n) is 7.28. The predicted molar refractivity (Wildman–Crippen MR) is 86.1 cm³/mol. The van der Waals surface area contributed by atoms with Gasteiger partial charge in [0.05, 0.1) is 5.02 Å². The van der Waals surface area contributed by atoms with E-state index < -0.39 is 0 Å². The van der Waals surface area contributed by atoms with Gasteiger partial charge in [0.25, 0.3) is 0 Å². The fourth-order valence-corrected chi connectivity index (χ4v) is 4.45. The summed E-state index contributed by atoms with van der Waals surface area (Å²) in [7, 11) is 0. The van der Waals surface area contributed by atoms with E-state index in [1.54, 1.807) is 12.1 Å². The fraction of sp³-hybridized carbons (Fsp3) is 0.588. The summed E-state index contributed by atoms with van der Waals surface area (Å²) in [5, 5.41) is 7.99. The number of nitrogens with two attached hydrogens (primary N) is 1. The number of hydrogen-bond donors (Lipinski definition) is 2. The molecule has 3 unspecified atom stereocenters. The Kier molecular flexibility index (Phi) is 3.25. The van der Waals surface area contributed by atoms with Gasteiger partial charge in [-0.3, -0.25) is 5.41 Å². The molecule has 2 aliphatic rings. The molecule has 3 nitrogen and oxygen atoms in total. The van der Waals surface area contributed by atoms with Crippen LogP contribution in [0.4, 0.5) is 0 Å². The van der Waals surface area contributed by atoms with Crippen molar-refractivity contribution in [2.45, 2.75) is 46.1 Å².